The molecule has 0 N–H and O–H groups in total. The van der Waals surface area contributed by atoms with Crippen LogP contribution in [0, 0.1) is 0 Å². The smallest absolute Gasteiger partial charge is 0.159 e. The number of anilines is 3. The standard InChI is InChI=1S/C45H28N2OS/c1-2-9-29(10-3-1)30-17-21-34(22-18-30)47(41-15-8-14-37-36-13-6-7-16-42(36)48-44(37)41)35-23-19-31(20-24-35)40-26-25-38-39-27-32-11-4-5-12-33(32)28-43(39)49-45(38)46-40/h1-28H. The topological polar surface area (TPSA) is 29.3 Å². The van der Waals surface area contributed by atoms with Gasteiger partial charge in [-0.2, -0.15) is 0 Å². The third-order valence-electron chi connectivity index (χ3n) is 9.48. The van der Waals surface area contributed by atoms with Crippen LogP contribution in [-0.4, -0.2) is 4.98 Å². The zero-order valence-electron chi connectivity index (χ0n) is 26.4. The second-order valence-electron chi connectivity index (χ2n) is 12.4. The highest BCUT2D eigenvalue weighted by Gasteiger charge is 2.20. The van der Waals surface area contributed by atoms with E-state index in [1.54, 1.807) is 11.3 Å². The SMILES string of the molecule is c1ccc(-c2ccc(N(c3ccc(-c4ccc5c(n4)sc4cc6ccccc6cc45)cc3)c3cccc4c3oc3ccccc34)cc2)cc1. The van der Waals surface area contributed by atoms with Gasteiger partial charge in [0.15, 0.2) is 5.58 Å². The van der Waals surface area contributed by atoms with E-state index >= 15 is 0 Å². The highest BCUT2D eigenvalue weighted by atomic mass is 32.1. The molecule has 0 amide bonds. The molecular formula is C45H28N2OS. The Balaban J connectivity index is 1.08. The average Bonchev–Trinajstić information content (AvgIpc) is 3.73. The van der Waals surface area contributed by atoms with Gasteiger partial charge in [0.2, 0.25) is 0 Å². The molecule has 3 aromatic heterocycles. The summed E-state index contributed by atoms with van der Waals surface area (Å²) in [5, 5.41) is 7.20. The number of aromatic nitrogens is 1. The van der Waals surface area contributed by atoms with Crippen LogP contribution >= 0.6 is 11.3 Å². The predicted octanol–water partition coefficient (Wildman–Crippen LogP) is 13.3. The number of hydrogen-bond donors (Lipinski definition) is 0. The Hall–Kier alpha value is -6.23. The van der Waals surface area contributed by atoms with Gasteiger partial charge in [0.1, 0.15) is 10.4 Å². The lowest BCUT2D eigenvalue weighted by Gasteiger charge is -2.26. The van der Waals surface area contributed by atoms with Crippen LogP contribution in [-0.2, 0) is 0 Å². The van der Waals surface area contributed by atoms with Crippen molar-refractivity contribution >= 4 is 81.4 Å². The number of furan rings is 1. The Morgan fingerprint density at radius 1 is 0.469 bits per heavy atom. The molecule has 0 bridgehead atoms. The van der Waals surface area contributed by atoms with E-state index < -0.39 is 0 Å². The monoisotopic (exact) mass is 644 g/mol. The molecule has 0 unspecified atom stereocenters. The Morgan fingerprint density at radius 2 is 1.12 bits per heavy atom. The number of para-hydroxylation sites is 2. The Kier molecular flexibility index (Phi) is 6.36. The van der Waals surface area contributed by atoms with Crippen molar-refractivity contribution in [2.45, 2.75) is 0 Å². The molecule has 0 radical (unpaired) electrons. The molecule has 4 heteroatoms. The van der Waals surface area contributed by atoms with Gasteiger partial charge in [-0.25, -0.2) is 4.98 Å². The van der Waals surface area contributed by atoms with Crippen LogP contribution in [0.25, 0.3) is 75.4 Å². The first-order valence-electron chi connectivity index (χ1n) is 16.5. The minimum absolute atomic E-state index is 0.865. The summed E-state index contributed by atoms with van der Waals surface area (Å²) >= 11 is 1.76. The molecular weight excluding hydrogens is 617 g/mol. The maximum absolute atomic E-state index is 6.53. The van der Waals surface area contributed by atoms with Gasteiger partial charge in [0, 0.05) is 43.2 Å². The first-order valence-corrected chi connectivity index (χ1v) is 17.3. The van der Waals surface area contributed by atoms with Gasteiger partial charge >= 0.3 is 0 Å². The van der Waals surface area contributed by atoms with Crippen LogP contribution in [0.4, 0.5) is 17.1 Å². The number of rotatable bonds is 5. The quantitative estimate of drug-likeness (QED) is 0.187. The van der Waals surface area contributed by atoms with E-state index in [4.69, 9.17) is 9.40 Å². The van der Waals surface area contributed by atoms with E-state index in [2.05, 4.69) is 163 Å². The summed E-state index contributed by atoms with van der Waals surface area (Å²) in [6.45, 7) is 0. The molecule has 0 fully saturated rings. The predicted molar refractivity (Wildman–Crippen MR) is 207 cm³/mol. The van der Waals surface area contributed by atoms with Crippen molar-refractivity contribution in [2.75, 3.05) is 4.90 Å². The minimum Gasteiger partial charge on any atom is -0.454 e. The van der Waals surface area contributed by atoms with Crippen LogP contribution in [0.3, 0.4) is 0 Å². The van der Waals surface area contributed by atoms with E-state index in [0.717, 1.165) is 55.1 Å². The Labute approximate surface area is 286 Å². The third kappa shape index (κ3) is 4.68. The van der Waals surface area contributed by atoms with Crippen molar-refractivity contribution in [3.63, 3.8) is 0 Å². The van der Waals surface area contributed by atoms with E-state index in [9.17, 15) is 0 Å². The van der Waals surface area contributed by atoms with E-state index in [1.165, 1.54) is 37.4 Å². The van der Waals surface area contributed by atoms with Gasteiger partial charge in [0.05, 0.1) is 11.4 Å². The van der Waals surface area contributed by atoms with Gasteiger partial charge in [-0.1, -0.05) is 109 Å². The molecule has 0 saturated heterocycles. The van der Waals surface area contributed by atoms with Crippen molar-refractivity contribution in [1.82, 2.24) is 4.98 Å². The summed E-state index contributed by atoms with van der Waals surface area (Å²) in [4.78, 5) is 8.50. The zero-order valence-corrected chi connectivity index (χ0v) is 27.2. The summed E-state index contributed by atoms with van der Waals surface area (Å²) in [6, 6.07) is 60.1. The maximum atomic E-state index is 6.53. The highest BCUT2D eigenvalue weighted by molar-refractivity contribution is 7.25. The van der Waals surface area contributed by atoms with Crippen molar-refractivity contribution in [1.29, 1.82) is 0 Å². The van der Waals surface area contributed by atoms with Crippen molar-refractivity contribution in [2.24, 2.45) is 0 Å². The molecule has 0 aliphatic heterocycles. The molecule has 0 spiro atoms. The fourth-order valence-electron chi connectivity index (χ4n) is 7.05. The molecule has 0 atom stereocenters. The van der Waals surface area contributed by atoms with Crippen LogP contribution in [0.2, 0.25) is 0 Å². The van der Waals surface area contributed by atoms with Gasteiger partial charge in [0.25, 0.3) is 0 Å². The number of fused-ring (bicyclic) bond motifs is 7. The van der Waals surface area contributed by atoms with Crippen molar-refractivity contribution in [3.05, 3.63) is 170 Å². The number of hydrogen-bond acceptors (Lipinski definition) is 4. The van der Waals surface area contributed by atoms with Crippen LogP contribution in [0.5, 0.6) is 0 Å². The van der Waals surface area contributed by atoms with Crippen LogP contribution < -0.4 is 4.90 Å². The van der Waals surface area contributed by atoms with E-state index in [-0.39, 0.29) is 0 Å². The largest absolute Gasteiger partial charge is 0.454 e. The van der Waals surface area contributed by atoms with Gasteiger partial charge in [-0.05, 0) is 82.6 Å². The van der Waals surface area contributed by atoms with Crippen LogP contribution in [0.15, 0.2) is 174 Å². The molecule has 230 valence electrons. The zero-order chi connectivity index (χ0) is 32.3. The lowest BCUT2D eigenvalue weighted by atomic mass is 10.0. The first-order chi connectivity index (χ1) is 24.3. The molecule has 49 heavy (non-hydrogen) atoms. The van der Waals surface area contributed by atoms with Gasteiger partial charge in [-0.15, -0.1) is 11.3 Å². The summed E-state index contributed by atoms with van der Waals surface area (Å²) in [5.41, 5.74) is 9.25. The molecule has 7 aromatic carbocycles. The highest BCUT2D eigenvalue weighted by Crippen LogP contribution is 2.43. The van der Waals surface area contributed by atoms with Crippen molar-refractivity contribution < 1.29 is 4.42 Å². The average molecular weight is 645 g/mol. The lowest BCUT2D eigenvalue weighted by molar-refractivity contribution is 0.669. The number of thiophene rings is 1. The fraction of sp³-hybridized carbons (Fsp3) is 0. The van der Waals surface area contributed by atoms with Crippen LogP contribution in [0.1, 0.15) is 0 Å². The summed E-state index contributed by atoms with van der Waals surface area (Å²) < 4.78 is 7.80. The second kappa shape index (κ2) is 11.2. The number of nitrogens with zero attached hydrogens (tertiary/aromatic N) is 2. The Bertz CT molecular complexity index is 2810. The van der Waals surface area contributed by atoms with E-state index in [0.29, 0.717) is 0 Å². The maximum Gasteiger partial charge on any atom is 0.159 e. The molecule has 0 aliphatic rings. The second-order valence-corrected chi connectivity index (χ2v) is 13.4. The lowest BCUT2D eigenvalue weighted by Crippen LogP contribution is -2.10. The normalized spacial score (nSPS) is 11.7. The fourth-order valence-corrected chi connectivity index (χ4v) is 8.16. The molecule has 0 saturated carbocycles. The molecule has 3 heterocycles. The minimum atomic E-state index is 0.865. The molecule has 3 nitrogen and oxygen atoms in total. The summed E-state index contributed by atoms with van der Waals surface area (Å²) in [7, 11) is 0. The molecule has 10 aromatic rings. The molecule has 0 aliphatic carbocycles. The van der Waals surface area contributed by atoms with Crippen molar-refractivity contribution in [3.8, 4) is 22.4 Å². The van der Waals surface area contributed by atoms with Gasteiger partial charge in [-0.3, -0.25) is 0 Å². The summed E-state index contributed by atoms with van der Waals surface area (Å²) in [5.74, 6) is 0. The van der Waals surface area contributed by atoms with Gasteiger partial charge < -0.3 is 9.32 Å². The molecule has 10 rings (SSSR count). The number of benzene rings is 7. The third-order valence-corrected chi connectivity index (χ3v) is 10.5. The number of pyridine rings is 1. The van der Waals surface area contributed by atoms with E-state index in [1.807, 2.05) is 12.1 Å². The summed E-state index contributed by atoms with van der Waals surface area (Å²) in [6.07, 6.45) is 0. The Morgan fingerprint density at radius 3 is 1.92 bits per heavy atom. The first kappa shape index (κ1) is 27.8.